The summed E-state index contributed by atoms with van der Waals surface area (Å²) in [6.07, 6.45) is 1.96. The van der Waals surface area contributed by atoms with Crippen LogP contribution in [-0.2, 0) is 6.42 Å². The first-order valence-electron chi connectivity index (χ1n) is 11.0. The van der Waals surface area contributed by atoms with Crippen molar-refractivity contribution in [3.8, 4) is 5.75 Å². The maximum Gasteiger partial charge on any atom is 0.299 e. The van der Waals surface area contributed by atoms with E-state index in [1.807, 2.05) is 48.5 Å². The van der Waals surface area contributed by atoms with Crippen LogP contribution < -0.4 is 15.1 Å². The molecule has 3 aromatic rings. The first kappa shape index (κ1) is 22.5. The van der Waals surface area contributed by atoms with Crippen LogP contribution in [0, 0.1) is 0 Å². The van der Waals surface area contributed by atoms with E-state index >= 15 is 0 Å². The lowest BCUT2D eigenvalue weighted by Gasteiger charge is -2.33. The molecule has 0 aromatic heterocycles. The van der Waals surface area contributed by atoms with Gasteiger partial charge >= 0.3 is 0 Å². The number of nitrogens with zero attached hydrogens (tertiary/aromatic N) is 3. The highest BCUT2D eigenvalue weighted by molar-refractivity contribution is 8.14. The molecule has 0 atom stereocenters. The highest BCUT2D eigenvalue weighted by atomic mass is 35.5. The highest BCUT2D eigenvalue weighted by Gasteiger charge is 2.24. The van der Waals surface area contributed by atoms with Crippen LogP contribution in [0.4, 0.5) is 16.2 Å². The third-order valence-electron chi connectivity index (χ3n) is 5.81. The molecule has 0 unspecified atom stereocenters. The van der Waals surface area contributed by atoms with Crippen LogP contribution in [0.3, 0.4) is 0 Å². The zero-order valence-corrected chi connectivity index (χ0v) is 20.2. The lowest BCUT2D eigenvalue weighted by Crippen LogP contribution is -2.36. The van der Waals surface area contributed by atoms with E-state index < -0.39 is 0 Å². The second kappa shape index (κ2) is 9.91. The van der Waals surface area contributed by atoms with Gasteiger partial charge in [-0.25, -0.2) is 10.4 Å². The average Bonchev–Trinajstić information content (AvgIpc) is 2.88. The molecule has 6 nitrogen and oxygen atoms in total. The topological polar surface area (TPSA) is 66.3 Å². The number of para-hydroxylation sites is 1. The molecular weight excluding hydrogens is 468 g/mol. The number of aryl methyl sites for hydroxylation is 1. The van der Waals surface area contributed by atoms with Crippen molar-refractivity contribution in [1.82, 2.24) is 5.43 Å². The largest absolute Gasteiger partial charge is 0.495 e. The number of carbonyl (C=O) groups is 1. The normalized spacial score (nSPS) is 15.9. The van der Waals surface area contributed by atoms with Gasteiger partial charge in [0.1, 0.15) is 11.6 Å². The number of aliphatic imine (C=N–C) groups is 1. The van der Waals surface area contributed by atoms with Gasteiger partial charge in [-0.05, 0) is 66.4 Å². The minimum absolute atomic E-state index is 0.118. The summed E-state index contributed by atoms with van der Waals surface area (Å²) in [7, 11) is 1.61. The molecule has 2 aliphatic heterocycles. The molecule has 3 aromatic carbocycles. The summed E-state index contributed by atoms with van der Waals surface area (Å²) in [6.45, 7) is 0.842. The Morgan fingerprint density at radius 2 is 2.00 bits per heavy atom. The fourth-order valence-electron chi connectivity index (χ4n) is 4.17. The fraction of sp³-hybridized carbons (Fsp3) is 0.192. The van der Waals surface area contributed by atoms with Crippen LogP contribution in [0.2, 0.25) is 5.02 Å². The molecule has 8 heteroatoms. The van der Waals surface area contributed by atoms with E-state index in [-0.39, 0.29) is 5.24 Å². The number of methoxy groups -OCH3 is 1. The van der Waals surface area contributed by atoms with Crippen LogP contribution in [0.25, 0.3) is 0 Å². The zero-order chi connectivity index (χ0) is 23.5. The number of nitrogens with one attached hydrogen (secondary N) is 1. The number of thioether (sulfide) groups is 1. The summed E-state index contributed by atoms with van der Waals surface area (Å²) in [5, 5.41) is 4.67. The van der Waals surface area contributed by atoms with Gasteiger partial charge in [-0.3, -0.25) is 4.79 Å². The summed E-state index contributed by atoms with van der Waals surface area (Å²) >= 11 is 7.72. The number of hydrogen-bond donors (Lipinski definition) is 1. The zero-order valence-electron chi connectivity index (χ0n) is 18.6. The Morgan fingerprint density at radius 1 is 1.15 bits per heavy atom. The van der Waals surface area contributed by atoms with Crippen LogP contribution in [0.5, 0.6) is 5.75 Å². The van der Waals surface area contributed by atoms with Gasteiger partial charge in [0.05, 0.1) is 23.5 Å². The molecule has 0 fully saturated rings. The number of benzene rings is 3. The van der Waals surface area contributed by atoms with E-state index in [1.165, 1.54) is 17.3 Å². The lowest BCUT2D eigenvalue weighted by atomic mass is 9.97. The van der Waals surface area contributed by atoms with Crippen molar-refractivity contribution >= 4 is 51.5 Å². The molecule has 0 saturated carbocycles. The number of anilines is 1. The van der Waals surface area contributed by atoms with Crippen LogP contribution in [0.1, 0.15) is 23.1 Å². The van der Waals surface area contributed by atoms with Crippen molar-refractivity contribution in [2.24, 2.45) is 10.1 Å². The average molecular weight is 491 g/mol. The Labute approximate surface area is 207 Å². The Kier molecular flexibility index (Phi) is 6.56. The number of hydrogen-bond acceptors (Lipinski definition) is 5. The van der Waals surface area contributed by atoms with E-state index in [9.17, 15) is 4.79 Å². The Bertz CT molecular complexity index is 1290. The van der Waals surface area contributed by atoms with Crippen molar-refractivity contribution < 1.29 is 9.53 Å². The number of ether oxygens (including phenoxy) is 1. The molecule has 1 amide bonds. The molecule has 34 heavy (non-hydrogen) atoms. The van der Waals surface area contributed by atoms with E-state index in [0.29, 0.717) is 16.5 Å². The molecule has 0 bridgehead atoms. The third kappa shape index (κ3) is 4.67. The van der Waals surface area contributed by atoms with Crippen molar-refractivity contribution in [3.63, 3.8) is 0 Å². The summed E-state index contributed by atoms with van der Waals surface area (Å²) in [6, 6.07) is 22.1. The molecule has 0 saturated heterocycles. The highest BCUT2D eigenvalue weighted by Crippen LogP contribution is 2.33. The molecule has 172 valence electrons. The fourth-order valence-corrected chi connectivity index (χ4v) is 5.03. The van der Waals surface area contributed by atoms with Gasteiger partial charge < -0.3 is 9.64 Å². The number of fused-ring (bicyclic) bond motifs is 1. The third-order valence-corrected chi connectivity index (χ3v) is 6.88. The maximum atomic E-state index is 11.4. The molecular formula is C26H23ClN4O2S. The molecule has 0 aliphatic carbocycles. The van der Waals surface area contributed by atoms with Crippen molar-refractivity contribution in [1.29, 1.82) is 0 Å². The van der Waals surface area contributed by atoms with Crippen molar-refractivity contribution in [2.75, 3.05) is 24.3 Å². The second-order valence-corrected chi connectivity index (χ2v) is 9.32. The number of rotatable bonds is 4. The number of halogens is 1. The van der Waals surface area contributed by atoms with E-state index in [4.69, 9.17) is 21.3 Å². The van der Waals surface area contributed by atoms with Crippen molar-refractivity contribution in [3.05, 3.63) is 88.4 Å². The second-order valence-electron chi connectivity index (χ2n) is 7.97. The first-order valence-corrected chi connectivity index (χ1v) is 12.4. The van der Waals surface area contributed by atoms with Crippen LogP contribution >= 0.6 is 23.4 Å². The number of carbonyl (C=O) groups excluding carboxylic acids is 1. The number of hydrazone groups is 1. The summed E-state index contributed by atoms with van der Waals surface area (Å²) < 4.78 is 5.35. The maximum absolute atomic E-state index is 11.4. The van der Waals surface area contributed by atoms with Crippen LogP contribution in [-0.4, -0.2) is 36.2 Å². The predicted octanol–water partition coefficient (Wildman–Crippen LogP) is 6.04. The molecule has 2 aliphatic rings. The van der Waals surface area contributed by atoms with Crippen molar-refractivity contribution in [2.45, 2.75) is 12.8 Å². The minimum atomic E-state index is -0.118. The molecule has 5 rings (SSSR count). The SMILES string of the molecule is COc1ccc(/C(=N/c2ccccc2)N2CCCc3cc(C4=NNC(=O)SC4)ccc32)cc1Cl. The van der Waals surface area contributed by atoms with E-state index in [1.54, 1.807) is 7.11 Å². The van der Waals surface area contributed by atoms with Gasteiger partial charge in [0.25, 0.3) is 5.24 Å². The number of amidine groups is 1. The Balaban J connectivity index is 1.57. The van der Waals surface area contributed by atoms with Gasteiger partial charge in [-0.1, -0.05) is 47.6 Å². The minimum Gasteiger partial charge on any atom is -0.495 e. The quantitative estimate of drug-likeness (QED) is 0.357. The first-order chi connectivity index (χ1) is 16.6. The predicted molar refractivity (Wildman–Crippen MR) is 140 cm³/mol. The van der Waals surface area contributed by atoms with Gasteiger partial charge in [0.2, 0.25) is 0 Å². The number of amides is 1. The van der Waals surface area contributed by atoms with Gasteiger partial charge in [-0.2, -0.15) is 5.10 Å². The summed E-state index contributed by atoms with van der Waals surface area (Å²) in [4.78, 5) is 18.7. The molecule has 0 radical (unpaired) electrons. The van der Waals surface area contributed by atoms with Gasteiger partial charge in [0.15, 0.2) is 0 Å². The monoisotopic (exact) mass is 490 g/mol. The Morgan fingerprint density at radius 3 is 2.74 bits per heavy atom. The summed E-state index contributed by atoms with van der Waals surface area (Å²) in [5.41, 5.74) is 8.61. The standard InChI is InChI=1S/C26H23ClN4O2S/c1-33-24-12-10-19(15-21(24)27)25(28-20-7-3-2-4-8-20)31-13-5-6-18-14-17(9-11-23(18)31)22-16-34-26(32)30-29-22/h2-4,7-12,14-15H,5-6,13,16H2,1H3,(H,30,32)/b28-25-. The smallest absolute Gasteiger partial charge is 0.299 e. The van der Waals surface area contributed by atoms with Gasteiger partial charge in [0, 0.05) is 23.5 Å². The molecule has 1 N–H and O–H groups in total. The van der Waals surface area contributed by atoms with Crippen LogP contribution in [0.15, 0.2) is 76.8 Å². The summed E-state index contributed by atoms with van der Waals surface area (Å²) in [5.74, 6) is 2.04. The van der Waals surface area contributed by atoms with E-state index in [2.05, 4.69) is 33.6 Å². The molecule has 0 spiro atoms. The van der Waals surface area contributed by atoms with Gasteiger partial charge in [-0.15, -0.1) is 0 Å². The lowest BCUT2D eigenvalue weighted by molar-refractivity contribution is 0.261. The Hall–Kier alpha value is -3.29. The molecule has 2 heterocycles. The van der Waals surface area contributed by atoms with E-state index in [0.717, 1.165) is 53.4 Å².